The zero-order chi connectivity index (χ0) is 13.1. The number of carboxylic acid groups (broad SMARTS) is 1. The molecule has 0 bridgehead atoms. The van der Waals surface area contributed by atoms with Crippen LogP contribution in [-0.2, 0) is 21.4 Å². The summed E-state index contributed by atoms with van der Waals surface area (Å²) in [5.41, 5.74) is 0.644. The SMILES string of the molecule is CC(C(=O)O)N(Cc1cccnc1)S(C)(=O)=O. The van der Waals surface area contributed by atoms with E-state index in [1.54, 1.807) is 18.3 Å². The highest BCUT2D eigenvalue weighted by molar-refractivity contribution is 7.88. The number of nitrogens with zero attached hydrogens (tertiary/aromatic N) is 2. The first-order valence-electron chi connectivity index (χ1n) is 4.91. The molecule has 0 saturated carbocycles. The Morgan fingerprint density at radius 3 is 2.65 bits per heavy atom. The van der Waals surface area contributed by atoms with Crippen molar-refractivity contribution in [3.8, 4) is 0 Å². The maximum absolute atomic E-state index is 11.5. The van der Waals surface area contributed by atoms with Crippen LogP contribution in [0.5, 0.6) is 0 Å². The molecule has 0 aliphatic carbocycles. The maximum atomic E-state index is 11.5. The largest absolute Gasteiger partial charge is 0.480 e. The van der Waals surface area contributed by atoms with E-state index in [4.69, 9.17) is 5.11 Å². The Balaban J connectivity index is 2.98. The molecule has 0 fully saturated rings. The standard InChI is InChI=1S/C10H14N2O4S/c1-8(10(13)14)12(17(2,15)16)7-9-4-3-5-11-6-9/h3-6,8H,7H2,1-2H3,(H,13,14). The lowest BCUT2D eigenvalue weighted by atomic mass is 10.2. The van der Waals surface area contributed by atoms with E-state index in [-0.39, 0.29) is 6.54 Å². The smallest absolute Gasteiger partial charge is 0.321 e. The van der Waals surface area contributed by atoms with Gasteiger partial charge in [0.1, 0.15) is 6.04 Å². The lowest BCUT2D eigenvalue weighted by Crippen LogP contribution is -2.42. The van der Waals surface area contributed by atoms with Gasteiger partial charge in [-0.25, -0.2) is 8.42 Å². The molecule has 0 radical (unpaired) electrons. The van der Waals surface area contributed by atoms with Crippen molar-refractivity contribution in [3.05, 3.63) is 30.1 Å². The third-order valence-electron chi connectivity index (χ3n) is 2.28. The molecule has 0 aliphatic heterocycles. The van der Waals surface area contributed by atoms with Gasteiger partial charge in [-0.2, -0.15) is 4.31 Å². The Labute approximate surface area is 100.0 Å². The van der Waals surface area contributed by atoms with Crippen LogP contribution >= 0.6 is 0 Å². The van der Waals surface area contributed by atoms with E-state index < -0.39 is 22.0 Å². The summed E-state index contributed by atoms with van der Waals surface area (Å²) in [5, 5.41) is 8.87. The Morgan fingerprint density at radius 1 is 1.59 bits per heavy atom. The minimum Gasteiger partial charge on any atom is -0.480 e. The molecule has 7 heteroatoms. The first kappa shape index (κ1) is 13.6. The minimum absolute atomic E-state index is 0.000139. The van der Waals surface area contributed by atoms with Crippen molar-refractivity contribution in [3.63, 3.8) is 0 Å². The summed E-state index contributed by atoms with van der Waals surface area (Å²) in [6, 6.07) is 2.26. The van der Waals surface area contributed by atoms with E-state index >= 15 is 0 Å². The lowest BCUT2D eigenvalue weighted by molar-refractivity contribution is -0.141. The van der Waals surface area contributed by atoms with Crippen LogP contribution in [0.1, 0.15) is 12.5 Å². The fourth-order valence-electron chi connectivity index (χ4n) is 1.34. The molecule has 1 rings (SSSR count). The lowest BCUT2D eigenvalue weighted by Gasteiger charge is -2.23. The van der Waals surface area contributed by atoms with Gasteiger partial charge < -0.3 is 5.11 Å². The van der Waals surface area contributed by atoms with Gasteiger partial charge in [0, 0.05) is 18.9 Å². The van der Waals surface area contributed by atoms with Crippen molar-refractivity contribution in [1.29, 1.82) is 0 Å². The highest BCUT2D eigenvalue weighted by atomic mass is 32.2. The quantitative estimate of drug-likeness (QED) is 0.821. The number of sulfonamides is 1. The highest BCUT2D eigenvalue weighted by Crippen LogP contribution is 2.11. The molecular formula is C10H14N2O4S. The topological polar surface area (TPSA) is 87.6 Å². The first-order chi connectivity index (χ1) is 7.82. The number of aromatic nitrogens is 1. The average Bonchev–Trinajstić information content (AvgIpc) is 2.24. The number of hydrogen-bond donors (Lipinski definition) is 1. The van der Waals surface area contributed by atoms with Gasteiger partial charge in [0.2, 0.25) is 10.0 Å². The molecule has 1 aromatic heterocycles. The second-order valence-electron chi connectivity index (χ2n) is 3.68. The average molecular weight is 258 g/mol. The van der Waals surface area contributed by atoms with Gasteiger partial charge >= 0.3 is 5.97 Å². The van der Waals surface area contributed by atoms with Crippen molar-refractivity contribution in [1.82, 2.24) is 9.29 Å². The molecule has 94 valence electrons. The Morgan fingerprint density at radius 2 is 2.24 bits per heavy atom. The molecule has 1 atom stereocenters. The monoisotopic (exact) mass is 258 g/mol. The van der Waals surface area contributed by atoms with E-state index in [1.165, 1.54) is 13.1 Å². The van der Waals surface area contributed by atoms with Crippen molar-refractivity contribution in [2.24, 2.45) is 0 Å². The molecule has 6 nitrogen and oxygen atoms in total. The minimum atomic E-state index is -3.58. The summed E-state index contributed by atoms with van der Waals surface area (Å²) in [6.07, 6.45) is 4.06. The number of pyridine rings is 1. The molecule has 0 saturated heterocycles. The molecule has 0 spiro atoms. The number of aliphatic carboxylic acids is 1. The molecule has 0 aliphatic rings. The van der Waals surface area contributed by atoms with Crippen LogP contribution in [0, 0.1) is 0 Å². The van der Waals surface area contributed by atoms with Gasteiger partial charge in [0.05, 0.1) is 6.26 Å². The van der Waals surface area contributed by atoms with E-state index in [1.807, 2.05) is 0 Å². The molecule has 1 aromatic rings. The van der Waals surface area contributed by atoms with Gasteiger partial charge in [-0.3, -0.25) is 9.78 Å². The van der Waals surface area contributed by atoms with E-state index in [2.05, 4.69) is 4.98 Å². The van der Waals surface area contributed by atoms with Crippen LogP contribution < -0.4 is 0 Å². The van der Waals surface area contributed by atoms with Crippen LogP contribution in [0.15, 0.2) is 24.5 Å². The van der Waals surface area contributed by atoms with E-state index in [9.17, 15) is 13.2 Å². The third kappa shape index (κ3) is 3.79. The molecule has 17 heavy (non-hydrogen) atoms. The first-order valence-corrected chi connectivity index (χ1v) is 6.75. The van der Waals surface area contributed by atoms with Gasteiger partial charge in [-0.15, -0.1) is 0 Å². The number of carboxylic acids is 1. The number of rotatable bonds is 5. The van der Waals surface area contributed by atoms with Crippen molar-refractivity contribution in [2.45, 2.75) is 19.5 Å². The van der Waals surface area contributed by atoms with Crippen molar-refractivity contribution < 1.29 is 18.3 Å². The van der Waals surface area contributed by atoms with Crippen LogP contribution in [0.4, 0.5) is 0 Å². The maximum Gasteiger partial charge on any atom is 0.321 e. The van der Waals surface area contributed by atoms with E-state index in [0.717, 1.165) is 10.6 Å². The zero-order valence-corrected chi connectivity index (χ0v) is 10.4. The second kappa shape index (κ2) is 5.24. The predicted octanol–water partition coefficient (Wildman–Crippen LogP) is 0.316. The molecule has 1 unspecified atom stereocenters. The van der Waals surface area contributed by atoms with Gasteiger partial charge in [-0.05, 0) is 18.6 Å². The highest BCUT2D eigenvalue weighted by Gasteiger charge is 2.28. The third-order valence-corrected chi connectivity index (χ3v) is 3.57. The van der Waals surface area contributed by atoms with Crippen molar-refractivity contribution in [2.75, 3.05) is 6.26 Å². The van der Waals surface area contributed by atoms with Crippen molar-refractivity contribution >= 4 is 16.0 Å². The Bertz CT molecular complexity index is 486. The Kier molecular flexibility index (Phi) is 4.19. The fraction of sp³-hybridized carbons (Fsp3) is 0.400. The van der Waals surface area contributed by atoms with Crippen LogP contribution in [0.25, 0.3) is 0 Å². The fourth-order valence-corrected chi connectivity index (χ4v) is 2.38. The number of hydrogen-bond acceptors (Lipinski definition) is 4. The number of carbonyl (C=O) groups is 1. The summed E-state index contributed by atoms with van der Waals surface area (Å²) < 4.78 is 24.0. The Hall–Kier alpha value is -1.47. The van der Waals surface area contributed by atoms with Crippen LogP contribution in [0.3, 0.4) is 0 Å². The molecule has 0 amide bonds. The van der Waals surface area contributed by atoms with Gasteiger partial charge in [0.25, 0.3) is 0 Å². The zero-order valence-electron chi connectivity index (χ0n) is 9.57. The predicted molar refractivity (Wildman–Crippen MR) is 61.7 cm³/mol. The second-order valence-corrected chi connectivity index (χ2v) is 5.62. The summed E-state index contributed by atoms with van der Waals surface area (Å²) in [4.78, 5) is 14.7. The summed E-state index contributed by atoms with van der Waals surface area (Å²) >= 11 is 0. The van der Waals surface area contributed by atoms with Crippen LogP contribution in [0.2, 0.25) is 0 Å². The van der Waals surface area contributed by atoms with E-state index in [0.29, 0.717) is 5.56 Å². The summed E-state index contributed by atoms with van der Waals surface area (Å²) in [5.74, 6) is -1.18. The summed E-state index contributed by atoms with van der Waals surface area (Å²) in [7, 11) is -3.58. The summed E-state index contributed by atoms with van der Waals surface area (Å²) in [6.45, 7) is 1.33. The normalized spacial score (nSPS) is 13.6. The van der Waals surface area contributed by atoms with Gasteiger partial charge in [-0.1, -0.05) is 6.07 Å². The van der Waals surface area contributed by atoms with Gasteiger partial charge in [0.15, 0.2) is 0 Å². The molecule has 1 N–H and O–H groups in total. The van der Waals surface area contributed by atoms with Crippen LogP contribution in [-0.4, -0.2) is 41.1 Å². The molecule has 0 aromatic carbocycles. The molecule has 1 heterocycles. The molecular weight excluding hydrogens is 244 g/mol.